The van der Waals surface area contributed by atoms with Crippen molar-refractivity contribution in [2.75, 3.05) is 6.54 Å². The van der Waals surface area contributed by atoms with E-state index in [4.69, 9.17) is 4.98 Å². The van der Waals surface area contributed by atoms with Crippen molar-refractivity contribution < 1.29 is 23.1 Å². The second-order valence-electron chi connectivity index (χ2n) is 12.2. The van der Waals surface area contributed by atoms with Gasteiger partial charge in [-0.3, -0.25) is 14.6 Å². The van der Waals surface area contributed by atoms with E-state index in [9.17, 15) is 27.9 Å². The Morgan fingerprint density at radius 3 is 2.36 bits per heavy atom. The molecule has 0 spiro atoms. The number of rotatable bonds is 6. The first-order chi connectivity index (χ1) is 22.6. The number of amides is 1. The average molecular weight is 637 g/mol. The first-order valence-corrected chi connectivity index (χ1v) is 15.5. The van der Waals surface area contributed by atoms with Crippen LogP contribution in [0, 0.1) is 0 Å². The minimum Gasteiger partial charge on any atom is -0.378 e. The fraction of sp³-hybridized carbons (Fsp3) is 0.243. The molecule has 1 unspecified atom stereocenters. The maximum atomic E-state index is 13.6. The van der Waals surface area contributed by atoms with Gasteiger partial charge in [0.1, 0.15) is 5.82 Å². The van der Waals surface area contributed by atoms with Crippen molar-refractivity contribution in [2.24, 2.45) is 0 Å². The Balaban J connectivity index is 1.12. The lowest BCUT2D eigenvalue weighted by Gasteiger charge is -2.24. The van der Waals surface area contributed by atoms with Gasteiger partial charge in [-0.25, -0.2) is 4.98 Å². The van der Waals surface area contributed by atoms with Crippen LogP contribution in [0.5, 0.6) is 0 Å². The molecule has 2 aromatic heterocycles. The van der Waals surface area contributed by atoms with Gasteiger partial charge in [0.2, 0.25) is 0 Å². The monoisotopic (exact) mass is 636 g/mol. The molecule has 3 heterocycles. The highest BCUT2D eigenvalue weighted by molar-refractivity contribution is 5.83. The Labute approximate surface area is 268 Å². The number of aromatic nitrogens is 3. The van der Waals surface area contributed by atoms with E-state index in [1.807, 2.05) is 42.7 Å². The molecule has 47 heavy (non-hydrogen) atoms. The van der Waals surface area contributed by atoms with E-state index < -0.39 is 29.2 Å². The molecule has 2 N–H and O–H groups in total. The molecule has 7 rings (SSSR count). The number of aliphatic hydroxyl groups is 1. The third-order valence-corrected chi connectivity index (χ3v) is 9.16. The highest BCUT2D eigenvalue weighted by Crippen LogP contribution is 2.52. The number of carbonyl (C=O) groups is 1. The number of nitrogens with one attached hydrogen (secondary N) is 1. The fourth-order valence-electron chi connectivity index (χ4n) is 6.39. The van der Waals surface area contributed by atoms with Crippen LogP contribution in [0.3, 0.4) is 0 Å². The molecule has 7 nitrogen and oxygen atoms in total. The lowest BCUT2D eigenvalue weighted by atomic mass is 9.93. The van der Waals surface area contributed by atoms with Crippen LogP contribution in [0.4, 0.5) is 13.2 Å². The third-order valence-electron chi connectivity index (χ3n) is 9.16. The smallest absolute Gasteiger partial charge is 0.378 e. The van der Waals surface area contributed by atoms with Crippen LogP contribution in [0.2, 0.25) is 0 Å². The molecular weight excluding hydrogens is 605 g/mol. The van der Waals surface area contributed by atoms with Crippen LogP contribution < -0.4 is 5.56 Å². The summed E-state index contributed by atoms with van der Waals surface area (Å²) in [6.07, 6.45) is 0.282. The second kappa shape index (κ2) is 11.9. The number of nitrogens with zero attached hydrogens (tertiary/aromatic N) is 3. The minimum atomic E-state index is -4.50. The van der Waals surface area contributed by atoms with E-state index in [2.05, 4.69) is 16.0 Å². The maximum Gasteiger partial charge on any atom is 0.416 e. The van der Waals surface area contributed by atoms with E-state index in [-0.39, 0.29) is 17.7 Å². The van der Waals surface area contributed by atoms with E-state index >= 15 is 0 Å². The van der Waals surface area contributed by atoms with Gasteiger partial charge in [-0.05, 0) is 77.8 Å². The van der Waals surface area contributed by atoms with Crippen LogP contribution in [-0.2, 0) is 29.4 Å². The number of aromatic amines is 1. The van der Waals surface area contributed by atoms with Gasteiger partial charge in [0.15, 0.2) is 6.10 Å². The molecule has 1 fully saturated rings. The van der Waals surface area contributed by atoms with Crippen LogP contribution in [-0.4, -0.2) is 37.4 Å². The van der Waals surface area contributed by atoms with Gasteiger partial charge >= 0.3 is 6.18 Å². The highest BCUT2D eigenvalue weighted by Gasteiger charge is 2.49. The van der Waals surface area contributed by atoms with Gasteiger partial charge in [0.05, 0.1) is 28.8 Å². The number of hydrogen-bond donors (Lipinski definition) is 2. The van der Waals surface area contributed by atoms with Gasteiger partial charge in [-0.1, -0.05) is 60.7 Å². The number of hydrogen-bond acceptors (Lipinski definition) is 5. The molecule has 1 atom stereocenters. The van der Waals surface area contributed by atoms with E-state index in [0.717, 1.165) is 41.7 Å². The number of alkyl halides is 3. The molecule has 0 bridgehead atoms. The largest absolute Gasteiger partial charge is 0.416 e. The average Bonchev–Trinajstić information content (AvgIpc) is 3.93. The summed E-state index contributed by atoms with van der Waals surface area (Å²) in [7, 11) is 0. The van der Waals surface area contributed by atoms with Crippen molar-refractivity contribution in [1.29, 1.82) is 0 Å². The summed E-state index contributed by atoms with van der Waals surface area (Å²) in [4.78, 5) is 41.0. The Morgan fingerprint density at radius 1 is 0.894 bits per heavy atom. The zero-order valence-electron chi connectivity index (χ0n) is 25.3. The molecule has 0 saturated heterocycles. The summed E-state index contributed by atoms with van der Waals surface area (Å²) < 4.78 is 39.8. The van der Waals surface area contributed by atoms with Crippen molar-refractivity contribution >= 4 is 5.91 Å². The third kappa shape index (κ3) is 5.96. The second-order valence-corrected chi connectivity index (χ2v) is 12.2. The molecule has 2 aliphatic rings. The van der Waals surface area contributed by atoms with Gasteiger partial charge in [0.25, 0.3) is 11.5 Å². The molecule has 0 radical (unpaired) electrons. The lowest BCUT2D eigenvalue weighted by molar-refractivity contribution is -0.141. The molecule has 1 aliphatic heterocycles. The number of H-pyrrole nitrogens is 1. The Kier molecular flexibility index (Phi) is 7.76. The number of fused-ring (bicyclic) bond motifs is 1. The number of pyridine rings is 1. The Hall–Kier alpha value is -5.09. The quantitative estimate of drug-likeness (QED) is 0.219. The summed E-state index contributed by atoms with van der Waals surface area (Å²) in [5.41, 5.74) is 3.51. The maximum absolute atomic E-state index is 13.6. The standard InChI is InChI=1S/C37H31F3N4O3/c38-37(39,40)28-12-5-10-25(18-28)24-9-4-11-26(17-24)32(45)34(47)44-16-6-13-31-30(22-44)33(46)43-35(42-31)36(14-15-36)29-19-27(20-41-21-29)23-7-2-1-3-8-23/h1-5,7-12,17-21,32,45H,6,13-16,22H2,(H,42,43,46). The van der Waals surface area contributed by atoms with Crippen LogP contribution in [0.15, 0.2) is 102 Å². The SMILES string of the molecule is O=C(C(O)c1cccc(-c2cccc(C(F)(F)F)c2)c1)N1CCCc2nc(C3(c4cncc(-c5ccccc5)c4)CC3)[nH]c(=O)c2C1. The predicted molar refractivity (Wildman–Crippen MR) is 170 cm³/mol. The van der Waals surface area contributed by atoms with Gasteiger partial charge in [0, 0.05) is 24.5 Å². The predicted octanol–water partition coefficient (Wildman–Crippen LogP) is 6.61. The van der Waals surface area contributed by atoms with Crippen LogP contribution >= 0.6 is 0 Å². The van der Waals surface area contributed by atoms with Crippen LogP contribution in [0.1, 0.15) is 59.1 Å². The van der Waals surface area contributed by atoms with Crippen molar-refractivity contribution in [3.05, 3.63) is 141 Å². The molecular formula is C37H31F3N4O3. The highest BCUT2D eigenvalue weighted by atomic mass is 19.4. The molecule has 3 aromatic carbocycles. The number of benzene rings is 3. The van der Waals surface area contributed by atoms with Gasteiger partial charge in [-0.15, -0.1) is 0 Å². The first kappa shape index (κ1) is 30.6. The Morgan fingerprint density at radius 2 is 1.62 bits per heavy atom. The first-order valence-electron chi connectivity index (χ1n) is 15.5. The normalized spacial score (nSPS) is 16.2. The topological polar surface area (TPSA) is 99.2 Å². The summed E-state index contributed by atoms with van der Waals surface area (Å²) >= 11 is 0. The van der Waals surface area contributed by atoms with Gasteiger partial charge in [-0.2, -0.15) is 13.2 Å². The zero-order valence-corrected chi connectivity index (χ0v) is 25.3. The van der Waals surface area contributed by atoms with Crippen LogP contribution in [0.25, 0.3) is 22.3 Å². The number of carbonyl (C=O) groups excluding carboxylic acids is 1. The van der Waals surface area contributed by atoms with Crippen molar-refractivity contribution in [1.82, 2.24) is 19.9 Å². The lowest BCUT2D eigenvalue weighted by Crippen LogP contribution is -2.36. The van der Waals surface area contributed by atoms with E-state index in [0.29, 0.717) is 47.6 Å². The molecule has 5 aromatic rings. The fourth-order valence-corrected chi connectivity index (χ4v) is 6.39. The summed E-state index contributed by atoms with van der Waals surface area (Å²) in [5.74, 6) is 0.00413. The van der Waals surface area contributed by atoms with Crippen molar-refractivity contribution in [2.45, 2.75) is 49.9 Å². The Bertz CT molecular complexity index is 2020. The molecule has 238 valence electrons. The molecule has 10 heteroatoms. The summed E-state index contributed by atoms with van der Waals surface area (Å²) in [6.45, 7) is 0.293. The summed E-state index contributed by atoms with van der Waals surface area (Å²) in [5, 5.41) is 11.1. The number of halogens is 3. The summed E-state index contributed by atoms with van der Waals surface area (Å²) in [6, 6.07) is 23.3. The molecule has 1 amide bonds. The minimum absolute atomic E-state index is 0.0147. The van der Waals surface area contributed by atoms with E-state index in [1.54, 1.807) is 24.3 Å². The van der Waals surface area contributed by atoms with E-state index in [1.165, 1.54) is 17.0 Å². The van der Waals surface area contributed by atoms with Crippen molar-refractivity contribution in [3.63, 3.8) is 0 Å². The number of aryl methyl sites for hydroxylation is 1. The zero-order chi connectivity index (χ0) is 32.8. The molecule has 1 aliphatic carbocycles. The molecule has 1 saturated carbocycles. The van der Waals surface area contributed by atoms with Crippen molar-refractivity contribution in [3.8, 4) is 22.3 Å². The number of aliphatic hydroxyl groups excluding tert-OH is 1. The van der Waals surface area contributed by atoms with Gasteiger partial charge < -0.3 is 15.0 Å².